The van der Waals surface area contributed by atoms with Crippen LogP contribution in [-0.4, -0.2) is 48.3 Å². The van der Waals surface area contributed by atoms with Gasteiger partial charge in [-0.3, -0.25) is 9.69 Å². The van der Waals surface area contributed by atoms with Gasteiger partial charge in [0, 0.05) is 13.1 Å². The summed E-state index contributed by atoms with van der Waals surface area (Å²) >= 11 is 0. The topological polar surface area (TPSA) is 49.8 Å². The molecule has 1 N–H and O–H groups in total. The van der Waals surface area contributed by atoms with Crippen molar-refractivity contribution in [3.8, 4) is 0 Å². The third kappa shape index (κ3) is 2.95. The van der Waals surface area contributed by atoms with Crippen molar-refractivity contribution in [1.29, 1.82) is 0 Å². The second-order valence-electron chi connectivity index (χ2n) is 4.47. The van der Waals surface area contributed by atoms with E-state index in [4.69, 9.17) is 4.74 Å². The Morgan fingerprint density at radius 1 is 1.50 bits per heavy atom. The molecular formula is C12H23NO3. The predicted molar refractivity (Wildman–Crippen MR) is 62.1 cm³/mol. The Hall–Kier alpha value is -0.610. The van der Waals surface area contributed by atoms with Crippen molar-refractivity contribution in [3.63, 3.8) is 0 Å². The summed E-state index contributed by atoms with van der Waals surface area (Å²) in [5.74, 6) is 0.155. The van der Waals surface area contributed by atoms with Gasteiger partial charge in [0.25, 0.3) is 0 Å². The van der Waals surface area contributed by atoms with Gasteiger partial charge in [0.15, 0.2) is 0 Å². The van der Waals surface area contributed by atoms with Crippen LogP contribution in [-0.2, 0) is 9.53 Å². The van der Waals surface area contributed by atoms with Crippen molar-refractivity contribution in [2.45, 2.75) is 45.3 Å². The monoisotopic (exact) mass is 229 g/mol. The van der Waals surface area contributed by atoms with Gasteiger partial charge < -0.3 is 9.84 Å². The second kappa shape index (κ2) is 6.21. The van der Waals surface area contributed by atoms with Gasteiger partial charge in [-0.15, -0.1) is 0 Å². The number of ether oxygens (including phenoxy) is 1. The number of aliphatic hydroxyl groups excluding tert-OH is 1. The minimum atomic E-state index is -0.331. The van der Waals surface area contributed by atoms with E-state index >= 15 is 0 Å². The highest BCUT2D eigenvalue weighted by Crippen LogP contribution is 2.22. The van der Waals surface area contributed by atoms with Gasteiger partial charge in [0.1, 0.15) is 6.04 Å². The highest BCUT2D eigenvalue weighted by molar-refractivity contribution is 5.76. The fourth-order valence-electron chi connectivity index (χ4n) is 2.28. The molecule has 2 unspecified atom stereocenters. The van der Waals surface area contributed by atoms with E-state index in [0.717, 1.165) is 25.8 Å². The first-order chi connectivity index (χ1) is 7.63. The van der Waals surface area contributed by atoms with Gasteiger partial charge in [-0.1, -0.05) is 26.7 Å². The van der Waals surface area contributed by atoms with Crippen molar-refractivity contribution in [2.24, 2.45) is 5.92 Å². The van der Waals surface area contributed by atoms with Crippen molar-refractivity contribution in [1.82, 2.24) is 4.90 Å². The summed E-state index contributed by atoms with van der Waals surface area (Å²) in [5.41, 5.74) is 0. The molecule has 0 aromatic rings. The van der Waals surface area contributed by atoms with E-state index < -0.39 is 0 Å². The number of carbonyl (C=O) groups is 1. The zero-order chi connectivity index (χ0) is 12.1. The fourth-order valence-corrected chi connectivity index (χ4v) is 2.28. The smallest absolute Gasteiger partial charge is 0.323 e. The molecule has 0 bridgehead atoms. The molecule has 16 heavy (non-hydrogen) atoms. The minimum Gasteiger partial charge on any atom is -0.468 e. The first-order valence-corrected chi connectivity index (χ1v) is 6.13. The number of β-amino-alcohol motifs (C(OH)–C–C–N with tert-alkyl or cyclic N) is 1. The molecule has 0 saturated carbocycles. The van der Waals surface area contributed by atoms with Crippen molar-refractivity contribution in [3.05, 3.63) is 0 Å². The molecule has 1 aliphatic heterocycles. The molecule has 1 aliphatic rings. The predicted octanol–water partition coefficient (Wildman–Crippen LogP) is 1.03. The van der Waals surface area contributed by atoms with E-state index in [1.807, 2.05) is 4.90 Å². The summed E-state index contributed by atoms with van der Waals surface area (Å²) < 4.78 is 4.72. The first kappa shape index (κ1) is 13.5. The van der Waals surface area contributed by atoms with Gasteiger partial charge in [0.2, 0.25) is 0 Å². The van der Waals surface area contributed by atoms with Crippen LogP contribution in [0, 0.1) is 5.92 Å². The van der Waals surface area contributed by atoms with E-state index in [-0.39, 0.29) is 18.1 Å². The summed E-state index contributed by atoms with van der Waals surface area (Å²) in [5, 5.41) is 10.0. The Kier molecular flexibility index (Phi) is 5.22. The van der Waals surface area contributed by atoms with Crippen LogP contribution in [0.3, 0.4) is 0 Å². The van der Waals surface area contributed by atoms with Crippen molar-refractivity contribution >= 4 is 5.97 Å². The normalized spacial score (nSPS) is 22.9. The van der Waals surface area contributed by atoms with Crippen molar-refractivity contribution in [2.75, 3.05) is 20.2 Å². The van der Waals surface area contributed by atoms with Gasteiger partial charge in [0.05, 0.1) is 13.2 Å². The summed E-state index contributed by atoms with van der Waals surface area (Å²) in [6, 6.07) is -0.131. The Labute approximate surface area is 97.6 Å². The number of methoxy groups -OCH3 is 1. The van der Waals surface area contributed by atoms with E-state index in [2.05, 4.69) is 13.8 Å². The lowest BCUT2D eigenvalue weighted by atomic mass is 9.94. The lowest BCUT2D eigenvalue weighted by molar-refractivity contribution is -0.153. The number of aliphatic hydroxyl groups is 1. The highest BCUT2D eigenvalue weighted by atomic mass is 16.5. The zero-order valence-corrected chi connectivity index (χ0v) is 10.5. The molecule has 1 fully saturated rings. The molecular weight excluding hydrogens is 206 g/mol. The van der Waals surface area contributed by atoms with Gasteiger partial charge in [-0.05, 0) is 12.3 Å². The Morgan fingerprint density at radius 2 is 2.12 bits per heavy atom. The third-order valence-electron chi connectivity index (χ3n) is 3.62. The number of esters is 1. The highest BCUT2D eigenvalue weighted by Gasteiger charge is 2.36. The maximum atomic E-state index is 11.3. The maximum Gasteiger partial charge on any atom is 0.323 e. The van der Waals surface area contributed by atoms with E-state index in [1.165, 1.54) is 7.11 Å². The Morgan fingerprint density at radius 3 is 2.50 bits per heavy atom. The quantitative estimate of drug-likeness (QED) is 0.691. The van der Waals surface area contributed by atoms with Crippen LogP contribution in [0.25, 0.3) is 0 Å². The Bertz CT molecular complexity index is 228. The molecule has 1 heterocycles. The molecule has 0 aromatic carbocycles. The van der Waals surface area contributed by atoms with Crippen LogP contribution >= 0.6 is 0 Å². The van der Waals surface area contributed by atoms with E-state index in [9.17, 15) is 9.90 Å². The molecule has 0 aliphatic carbocycles. The standard InChI is InChI=1S/C12H23NO3/c1-4-9(5-2)11(14)8-13-7-6-10(13)12(15)16-3/h9-11,14H,4-8H2,1-3H3. The lowest BCUT2D eigenvalue weighted by Gasteiger charge is -2.40. The minimum absolute atomic E-state index is 0.131. The number of rotatable bonds is 6. The lowest BCUT2D eigenvalue weighted by Crippen LogP contribution is -2.55. The molecule has 1 saturated heterocycles. The molecule has 0 spiro atoms. The average molecular weight is 229 g/mol. The summed E-state index contributed by atoms with van der Waals surface area (Å²) in [6.45, 7) is 5.65. The summed E-state index contributed by atoms with van der Waals surface area (Å²) in [7, 11) is 1.41. The molecule has 1 rings (SSSR count). The van der Waals surface area contributed by atoms with Crippen molar-refractivity contribution < 1.29 is 14.6 Å². The number of carbonyl (C=O) groups excluding carboxylic acids is 1. The molecule has 4 nitrogen and oxygen atoms in total. The number of likely N-dealkylation sites (tertiary alicyclic amines) is 1. The molecule has 0 radical (unpaired) electrons. The largest absolute Gasteiger partial charge is 0.468 e. The van der Waals surface area contributed by atoms with Gasteiger partial charge in [-0.25, -0.2) is 0 Å². The van der Waals surface area contributed by atoms with Crippen LogP contribution in [0.1, 0.15) is 33.1 Å². The first-order valence-electron chi connectivity index (χ1n) is 6.13. The van der Waals surface area contributed by atoms with E-state index in [0.29, 0.717) is 12.5 Å². The molecule has 0 amide bonds. The van der Waals surface area contributed by atoms with Crippen LogP contribution in [0.4, 0.5) is 0 Å². The molecule has 4 heteroatoms. The van der Waals surface area contributed by atoms with Crippen LogP contribution in [0.15, 0.2) is 0 Å². The van der Waals surface area contributed by atoms with Crippen LogP contribution < -0.4 is 0 Å². The fraction of sp³-hybridized carbons (Fsp3) is 0.917. The van der Waals surface area contributed by atoms with Gasteiger partial charge in [-0.2, -0.15) is 0 Å². The average Bonchev–Trinajstić information content (AvgIpc) is 2.25. The second-order valence-corrected chi connectivity index (χ2v) is 4.47. The number of nitrogens with zero attached hydrogens (tertiary/aromatic N) is 1. The Balaban J connectivity index is 2.39. The molecule has 0 aromatic heterocycles. The van der Waals surface area contributed by atoms with Gasteiger partial charge >= 0.3 is 5.97 Å². The SMILES string of the molecule is CCC(CC)C(O)CN1CCC1C(=O)OC. The number of hydrogen-bond donors (Lipinski definition) is 1. The zero-order valence-electron chi connectivity index (χ0n) is 10.5. The molecule has 94 valence electrons. The van der Waals surface area contributed by atoms with E-state index in [1.54, 1.807) is 0 Å². The third-order valence-corrected chi connectivity index (χ3v) is 3.62. The molecule has 2 atom stereocenters. The summed E-state index contributed by atoms with van der Waals surface area (Å²) in [4.78, 5) is 13.4. The summed E-state index contributed by atoms with van der Waals surface area (Å²) in [6.07, 6.45) is 2.48. The van der Waals surface area contributed by atoms with Crippen LogP contribution in [0.5, 0.6) is 0 Å². The van der Waals surface area contributed by atoms with Crippen LogP contribution in [0.2, 0.25) is 0 Å². The number of hydrogen-bond acceptors (Lipinski definition) is 4. The maximum absolute atomic E-state index is 11.3.